The minimum atomic E-state index is -0.0414. The van der Waals surface area contributed by atoms with E-state index in [0.717, 1.165) is 13.0 Å². The molecule has 2 saturated carbocycles. The van der Waals surface area contributed by atoms with Crippen molar-refractivity contribution in [3.63, 3.8) is 0 Å². The van der Waals surface area contributed by atoms with Crippen molar-refractivity contribution in [1.82, 2.24) is 0 Å². The number of fused-ring (bicyclic) bond motifs is 2. The lowest BCUT2D eigenvalue weighted by molar-refractivity contribution is -0.256. The van der Waals surface area contributed by atoms with E-state index in [-0.39, 0.29) is 11.5 Å². The van der Waals surface area contributed by atoms with Gasteiger partial charge in [-0.05, 0) is 25.7 Å². The largest absolute Gasteiger partial charge is 0.392 e. The number of rotatable bonds is 0. The summed E-state index contributed by atoms with van der Waals surface area (Å²) >= 11 is 0. The number of aliphatic hydroxyl groups excluding tert-OH is 1. The lowest BCUT2D eigenvalue weighted by atomic mass is 9.54. The normalized spacial score (nSPS) is 47.3. The molecule has 0 aromatic carbocycles. The first kappa shape index (κ1) is 8.25. The molecule has 0 aromatic heterocycles. The Morgan fingerprint density at radius 1 is 1.15 bits per heavy atom. The Bertz CT molecular complexity index is 208. The van der Waals surface area contributed by atoms with E-state index in [0.29, 0.717) is 12.0 Å². The van der Waals surface area contributed by atoms with Crippen LogP contribution in [0.5, 0.6) is 0 Å². The van der Waals surface area contributed by atoms with Crippen LogP contribution in [-0.4, -0.2) is 23.9 Å². The smallest absolute Gasteiger partial charge is 0.0709 e. The van der Waals surface area contributed by atoms with Crippen LogP contribution in [0.15, 0.2) is 0 Å². The molecule has 1 saturated heterocycles. The summed E-state index contributed by atoms with van der Waals surface area (Å²) in [6.45, 7) is 0.926. The molecule has 1 N–H and O–H groups in total. The Labute approximate surface area is 79.3 Å². The molecule has 13 heavy (non-hydrogen) atoms. The highest BCUT2D eigenvalue weighted by Gasteiger charge is 2.63. The summed E-state index contributed by atoms with van der Waals surface area (Å²) in [6, 6.07) is 0. The van der Waals surface area contributed by atoms with Gasteiger partial charge in [0.2, 0.25) is 0 Å². The summed E-state index contributed by atoms with van der Waals surface area (Å²) in [5, 5.41) is 10.1. The molecule has 3 aliphatic rings. The predicted octanol–water partition coefficient (Wildman–Crippen LogP) is 1.72. The predicted molar refractivity (Wildman–Crippen MR) is 49.4 cm³/mol. The fraction of sp³-hybridized carbons (Fsp3) is 1.00. The van der Waals surface area contributed by atoms with Crippen molar-refractivity contribution in [2.24, 2.45) is 11.3 Å². The van der Waals surface area contributed by atoms with Crippen molar-refractivity contribution >= 4 is 0 Å². The molecule has 2 nitrogen and oxygen atoms in total. The molecule has 1 aliphatic heterocycles. The third-order valence-electron chi connectivity index (χ3n) is 4.46. The Hall–Kier alpha value is -0.0800. The van der Waals surface area contributed by atoms with Gasteiger partial charge in [0.15, 0.2) is 0 Å². The van der Waals surface area contributed by atoms with Gasteiger partial charge in [0.25, 0.3) is 0 Å². The second-order valence-corrected chi connectivity index (χ2v) is 4.98. The van der Waals surface area contributed by atoms with Crippen LogP contribution >= 0.6 is 0 Å². The molecule has 0 amide bonds. The van der Waals surface area contributed by atoms with Crippen molar-refractivity contribution in [1.29, 1.82) is 0 Å². The van der Waals surface area contributed by atoms with Gasteiger partial charge in [-0.3, -0.25) is 0 Å². The van der Waals surface area contributed by atoms with Crippen molar-refractivity contribution in [3.05, 3.63) is 0 Å². The van der Waals surface area contributed by atoms with E-state index >= 15 is 0 Å². The van der Waals surface area contributed by atoms with Gasteiger partial charge in [0.05, 0.1) is 12.2 Å². The zero-order valence-corrected chi connectivity index (χ0v) is 8.04. The van der Waals surface area contributed by atoms with Gasteiger partial charge in [0.1, 0.15) is 0 Å². The molecule has 2 heteroatoms. The van der Waals surface area contributed by atoms with Gasteiger partial charge in [-0.2, -0.15) is 0 Å². The van der Waals surface area contributed by atoms with Gasteiger partial charge < -0.3 is 9.84 Å². The number of hydrogen-bond donors (Lipinski definition) is 1. The maximum absolute atomic E-state index is 10.1. The highest BCUT2D eigenvalue weighted by Crippen LogP contribution is 2.59. The molecule has 2 aliphatic carbocycles. The first-order valence-corrected chi connectivity index (χ1v) is 5.64. The van der Waals surface area contributed by atoms with Crippen molar-refractivity contribution in [3.8, 4) is 0 Å². The molecule has 3 rings (SSSR count). The lowest BCUT2D eigenvalue weighted by Crippen LogP contribution is -2.65. The average molecular weight is 182 g/mol. The summed E-state index contributed by atoms with van der Waals surface area (Å²) in [7, 11) is 0. The summed E-state index contributed by atoms with van der Waals surface area (Å²) in [6.07, 6.45) is 7.71. The van der Waals surface area contributed by atoms with Crippen molar-refractivity contribution < 1.29 is 9.84 Å². The average Bonchev–Trinajstić information content (AvgIpc) is 2.68. The quantitative estimate of drug-likeness (QED) is 0.618. The minimum Gasteiger partial charge on any atom is -0.392 e. The molecule has 0 bridgehead atoms. The highest BCUT2D eigenvalue weighted by atomic mass is 16.5. The summed E-state index contributed by atoms with van der Waals surface area (Å²) in [4.78, 5) is 0. The Morgan fingerprint density at radius 3 is 2.69 bits per heavy atom. The van der Waals surface area contributed by atoms with E-state index in [4.69, 9.17) is 4.74 Å². The van der Waals surface area contributed by atoms with Crippen LogP contribution in [0.4, 0.5) is 0 Å². The fourth-order valence-corrected chi connectivity index (χ4v) is 3.81. The Morgan fingerprint density at radius 2 is 1.92 bits per heavy atom. The van der Waals surface area contributed by atoms with Gasteiger partial charge in [-0.15, -0.1) is 0 Å². The fourth-order valence-electron chi connectivity index (χ4n) is 3.81. The van der Waals surface area contributed by atoms with E-state index in [1.807, 2.05) is 0 Å². The molecule has 0 radical (unpaired) electrons. The number of hydrogen-bond acceptors (Lipinski definition) is 2. The van der Waals surface area contributed by atoms with Crippen LogP contribution in [0.25, 0.3) is 0 Å². The van der Waals surface area contributed by atoms with E-state index < -0.39 is 0 Å². The van der Waals surface area contributed by atoms with Crippen LogP contribution in [0.1, 0.15) is 38.5 Å². The Kier molecular flexibility index (Phi) is 1.72. The third kappa shape index (κ3) is 0.909. The first-order valence-electron chi connectivity index (χ1n) is 5.64. The van der Waals surface area contributed by atoms with E-state index in [1.54, 1.807) is 0 Å². The lowest BCUT2D eigenvalue weighted by Gasteiger charge is -2.59. The number of ether oxygens (including phenoxy) is 1. The summed E-state index contributed by atoms with van der Waals surface area (Å²) < 4.78 is 5.83. The van der Waals surface area contributed by atoms with Crippen molar-refractivity contribution in [2.75, 3.05) is 6.61 Å². The van der Waals surface area contributed by atoms with Crippen LogP contribution in [0, 0.1) is 11.3 Å². The first-order chi connectivity index (χ1) is 6.34. The van der Waals surface area contributed by atoms with Gasteiger partial charge in [-0.1, -0.05) is 12.8 Å². The van der Waals surface area contributed by atoms with Crippen LogP contribution in [0.2, 0.25) is 0 Å². The topological polar surface area (TPSA) is 29.5 Å². The van der Waals surface area contributed by atoms with E-state index in [2.05, 4.69) is 0 Å². The Balaban J connectivity index is 1.82. The number of aliphatic hydroxyl groups is 1. The molecule has 3 atom stereocenters. The van der Waals surface area contributed by atoms with Crippen molar-refractivity contribution in [2.45, 2.75) is 50.7 Å². The second-order valence-electron chi connectivity index (χ2n) is 4.98. The molecule has 0 unspecified atom stereocenters. The molecule has 74 valence electrons. The molecule has 3 fully saturated rings. The monoisotopic (exact) mass is 182 g/mol. The molecule has 0 aromatic rings. The maximum atomic E-state index is 10.1. The van der Waals surface area contributed by atoms with Gasteiger partial charge in [0, 0.05) is 17.9 Å². The van der Waals surface area contributed by atoms with Gasteiger partial charge in [-0.25, -0.2) is 0 Å². The third-order valence-corrected chi connectivity index (χ3v) is 4.46. The molecule has 1 heterocycles. The van der Waals surface area contributed by atoms with Gasteiger partial charge >= 0.3 is 0 Å². The second kappa shape index (κ2) is 2.71. The summed E-state index contributed by atoms with van der Waals surface area (Å²) in [5.74, 6) is 0.479. The minimum absolute atomic E-state index is 0.0414. The highest BCUT2D eigenvalue weighted by molar-refractivity contribution is 5.12. The molecule has 1 spiro atoms. The van der Waals surface area contributed by atoms with E-state index in [9.17, 15) is 5.11 Å². The maximum Gasteiger partial charge on any atom is 0.0709 e. The zero-order valence-electron chi connectivity index (χ0n) is 8.04. The zero-order chi connectivity index (χ0) is 8.89. The molecular formula is C11H18O2. The molecular weight excluding hydrogens is 164 g/mol. The summed E-state index contributed by atoms with van der Waals surface area (Å²) in [5.41, 5.74) is 0.199. The van der Waals surface area contributed by atoms with E-state index in [1.165, 1.54) is 32.1 Å². The van der Waals surface area contributed by atoms with Crippen LogP contribution < -0.4 is 0 Å². The van der Waals surface area contributed by atoms with Crippen LogP contribution in [0.3, 0.4) is 0 Å². The SMILES string of the molecule is O[C@@H]1[C@@H]2CCCO[C@H]2C12CCCC2. The standard InChI is InChI=1S/C11H18O2/c12-9-8-4-3-7-13-10(8)11(9)5-1-2-6-11/h8-10,12H,1-7H2/t8-,9+,10+/m0/s1. The van der Waals surface area contributed by atoms with Crippen LogP contribution in [-0.2, 0) is 4.74 Å².